The summed E-state index contributed by atoms with van der Waals surface area (Å²) in [7, 11) is 0. The molecule has 2 rings (SSSR count). The molecule has 0 amide bonds. The second kappa shape index (κ2) is 6.18. The highest BCUT2D eigenvalue weighted by Crippen LogP contribution is 2.38. The van der Waals surface area contributed by atoms with Crippen LogP contribution in [0.5, 0.6) is 0 Å². The van der Waals surface area contributed by atoms with Crippen molar-refractivity contribution in [2.24, 2.45) is 0 Å². The molecule has 2 aromatic rings. The Kier molecular flexibility index (Phi) is 5.06. The zero-order valence-electron chi connectivity index (χ0n) is 9.31. The molecule has 0 unspecified atom stereocenters. The molecule has 0 spiro atoms. The summed E-state index contributed by atoms with van der Waals surface area (Å²) in [6.07, 6.45) is 1.74. The Balaban J connectivity index is 2.47. The molecule has 0 aliphatic rings. The van der Waals surface area contributed by atoms with Gasteiger partial charge in [0.25, 0.3) is 0 Å². The fourth-order valence-electron chi connectivity index (χ4n) is 1.45. The van der Waals surface area contributed by atoms with Gasteiger partial charge in [0.15, 0.2) is 5.82 Å². The highest BCUT2D eigenvalue weighted by atomic mass is 79.9. The molecular formula is C11H8Br2Cl2N2S. The van der Waals surface area contributed by atoms with Gasteiger partial charge in [-0.15, -0.1) is 11.3 Å². The molecule has 18 heavy (non-hydrogen) atoms. The van der Waals surface area contributed by atoms with Crippen molar-refractivity contribution in [1.82, 2.24) is 9.97 Å². The molecule has 0 aliphatic carbocycles. The molecule has 2 heterocycles. The number of rotatable bonds is 3. The number of aromatic nitrogens is 2. The van der Waals surface area contributed by atoms with Gasteiger partial charge in [0, 0.05) is 10.0 Å². The van der Waals surface area contributed by atoms with Crippen LogP contribution in [-0.2, 0) is 6.42 Å². The summed E-state index contributed by atoms with van der Waals surface area (Å²) in [5.74, 6) is 0.557. The van der Waals surface area contributed by atoms with Crippen LogP contribution in [0.3, 0.4) is 0 Å². The second-order valence-corrected chi connectivity index (χ2v) is 7.53. The first kappa shape index (κ1) is 14.7. The number of hydrogen-bond donors (Lipinski definition) is 0. The molecular weight excluding hydrogens is 423 g/mol. The highest BCUT2D eigenvalue weighted by Gasteiger charge is 2.14. The van der Waals surface area contributed by atoms with Gasteiger partial charge in [-0.2, -0.15) is 0 Å². The minimum Gasteiger partial charge on any atom is -0.215 e. The molecule has 0 saturated carbocycles. The summed E-state index contributed by atoms with van der Waals surface area (Å²) in [6, 6.07) is 1.94. The van der Waals surface area contributed by atoms with E-state index in [1.54, 1.807) is 0 Å². The van der Waals surface area contributed by atoms with Crippen molar-refractivity contribution in [3.8, 4) is 10.7 Å². The van der Waals surface area contributed by atoms with Gasteiger partial charge in [-0.3, -0.25) is 0 Å². The summed E-state index contributed by atoms with van der Waals surface area (Å²) >= 11 is 20.7. The molecule has 0 N–H and O–H groups in total. The van der Waals surface area contributed by atoms with Crippen LogP contribution in [0.25, 0.3) is 10.7 Å². The Morgan fingerprint density at radius 3 is 2.28 bits per heavy atom. The fourth-order valence-corrected chi connectivity index (χ4v) is 4.00. The van der Waals surface area contributed by atoms with E-state index in [4.69, 9.17) is 23.2 Å². The lowest BCUT2D eigenvalue weighted by atomic mass is 10.2. The SMILES string of the molecule is CCCc1c(Cl)nc(-c2cc(Br)c(Br)s2)nc1Cl. The minimum absolute atomic E-state index is 0.437. The predicted molar refractivity (Wildman–Crippen MR) is 84.8 cm³/mol. The van der Waals surface area contributed by atoms with Crippen LogP contribution in [0.4, 0.5) is 0 Å². The van der Waals surface area contributed by atoms with Crippen LogP contribution in [-0.4, -0.2) is 9.97 Å². The zero-order chi connectivity index (χ0) is 13.3. The molecule has 0 aromatic carbocycles. The van der Waals surface area contributed by atoms with Crippen LogP contribution in [0.15, 0.2) is 14.3 Å². The predicted octanol–water partition coefficient (Wildman–Crippen LogP) is 5.99. The molecule has 0 radical (unpaired) electrons. The van der Waals surface area contributed by atoms with Crippen molar-refractivity contribution in [3.05, 3.63) is 30.2 Å². The van der Waals surface area contributed by atoms with E-state index in [1.165, 1.54) is 11.3 Å². The summed E-state index contributed by atoms with van der Waals surface area (Å²) in [4.78, 5) is 9.55. The smallest absolute Gasteiger partial charge is 0.172 e. The Hall–Kier alpha value is 0.320. The molecule has 0 bridgehead atoms. The molecule has 0 atom stereocenters. The average Bonchev–Trinajstić information content (AvgIpc) is 2.64. The monoisotopic (exact) mass is 428 g/mol. The van der Waals surface area contributed by atoms with Crippen LogP contribution < -0.4 is 0 Å². The molecule has 7 heteroatoms. The second-order valence-electron chi connectivity index (χ2n) is 3.59. The van der Waals surface area contributed by atoms with E-state index in [0.29, 0.717) is 16.1 Å². The Labute approximate surface area is 136 Å². The summed E-state index contributed by atoms with van der Waals surface area (Å²) in [5.41, 5.74) is 0.819. The molecule has 2 nitrogen and oxygen atoms in total. The van der Waals surface area contributed by atoms with E-state index in [0.717, 1.165) is 31.5 Å². The van der Waals surface area contributed by atoms with Crippen molar-refractivity contribution in [2.75, 3.05) is 0 Å². The fraction of sp³-hybridized carbons (Fsp3) is 0.273. The van der Waals surface area contributed by atoms with Crippen LogP contribution >= 0.6 is 66.4 Å². The summed E-state index contributed by atoms with van der Waals surface area (Å²) < 4.78 is 1.96. The van der Waals surface area contributed by atoms with Gasteiger partial charge in [-0.25, -0.2) is 9.97 Å². The lowest BCUT2D eigenvalue weighted by molar-refractivity contribution is 0.903. The maximum absolute atomic E-state index is 6.16. The number of nitrogens with zero attached hydrogens (tertiary/aromatic N) is 2. The first-order valence-electron chi connectivity index (χ1n) is 5.20. The van der Waals surface area contributed by atoms with Gasteiger partial charge >= 0.3 is 0 Å². The highest BCUT2D eigenvalue weighted by molar-refractivity contribution is 9.13. The van der Waals surface area contributed by atoms with Gasteiger partial charge in [0.1, 0.15) is 10.3 Å². The maximum atomic E-state index is 6.16. The standard InChI is InChI=1S/C11H8Br2Cl2N2S/c1-2-3-5-9(14)16-11(17-10(5)15)7-4-6(12)8(13)18-7/h4H,2-3H2,1H3. The lowest BCUT2D eigenvalue weighted by Gasteiger charge is -2.05. The third-order valence-electron chi connectivity index (χ3n) is 2.27. The van der Waals surface area contributed by atoms with E-state index in [2.05, 4.69) is 48.8 Å². The average molecular weight is 431 g/mol. The van der Waals surface area contributed by atoms with E-state index >= 15 is 0 Å². The van der Waals surface area contributed by atoms with Crippen molar-refractivity contribution in [3.63, 3.8) is 0 Å². The van der Waals surface area contributed by atoms with Crippen LogP contribution in [0.1, 0.15) is 18.9 Å². The lowest BCUT2D eigenvalue weighted by Crippen LogP contribution is -1.96. The zero-order valence-corrected chi connectivity index (χ0v) is 14.8. The van der Waals surface area contributed by atoms with E-state index in [9.17, 15) is 0 Å². The van der Waals surface area contributed by atoms with Gasteiger partial charge in [0.05, 0.1) is 8.66 Å². The number of halogens is 4. The van der Waals surface area contributed by atoms with E-state index in [1.807, 2.05) is 6.07 Å². The Morgan fingerprint density at radius 1 is 1.22 bits per heavy atom. The number of hydrogen-bond acceptors (Lipinski definition) is 3. The van der Waals surface area contributed by atoms with Crippen molar-refractivity contribution >= 4 is 66.4 Å². The summed E-state index contributed by atoms with van der Waals surface area (Å²) in [5, 5.41) is 0.875. The normalized spacial score (nSPS) is 10.9. The van der Waals surface area contributed by atoms with E-state index in [-0.39, 0.29) is 0 Å². The Bertz CT molecular complexity index is 544. The van der Waals surface area contributed by atoms with Gasteiger partial charge in [-0.1, -0.05) is 36.5 Å². The topological polar surface area (TPSA) is 25.8 Å². The van der Waals surface area contributed by atoms with Crippen LogP contribution in [0.2, 0.25) is 10.3 Å². The maximum Gasteiger partial charge on any atom is 0.172 e. The Morgan fingerprint density at radius 2 is 1.83 bits per heavy atom. The molecule has 0 fully saturated rings. The number of thiophene rings is 1. The third-order valence-corrected chi connectivity index (χ3v) is 6.15. The first-order chi connectivity index (χ1) is 8.52. The molecule has 0 aliphatic heterocycles. The molecule has 96 valence electrons. The van der Waals surface area contributed by atoms with E-state index < -0.39 is 0 Å². The summed E-state index contributed by atoms with van der Waals surface area (Å²) in [6.45, 7) is 2.06. The third kappa shape index (κ3) is 3.07. The minimum atomic E-state index is 0.437. The molecule has 0 saturated heterocycles. The quantitative estimate of drug-likeness (QED) is 0.559. The van der Waals surface area contributed by atoms with Crippen molar-refractivity contribution in [2.45, 2.75) is 19.8 Å². The first-order valence-corrected chi connectivity index (χ1v) is 8.36. The largest absolute Gasteiger partial charge is 0.215 e. The van der Waals surface area contributed by atoms with Crippen LogP contribution in [0, 0.1) is 0 Å². The molecule has 2 aromatic heterocycles. The van der Waals surface area contributed by atoms with Gasteiger partial charge < -0.3 is 0 Å². The van der Waals surface area contributed by atoms with Crippen molar-refractivity contribution in [1.29, 1.82) is 0 Å². The van der Waals surface area contributed by atoms with Gasteiger partial charge in [0.2, 0.25) is 0 Å². The van der Waals surface area contributed by atoms with Gasteiger partial charge in [-0.05, 0) is 44.3 Å². The van der Waals surface area contributed by atoms with Crippen molar-refractivity contribution < 1.29 is 0 Å².